The topological polar surface area (TPSA) is 94.1 Å². The highest BCUT2D eigenvalue weighted by Crippen LogP contribution is 2.35. The third kappa shape index (κ3) is 6.85. The third-order valence-electron chi connectivity index (χ3n) is 6.61. The van der Waals surface area contributed by atoms with Crippen LogP contribution in [0.2, 0.25) is 0 Å². The fourth-order valence-electron chi connectivity index (χ4n) is 4.30. The SMILES string of the molecule is CC(C)(C)OC(=O)NC1CC(Oc2ccc(C(C)(C)c3ccc(Oc4ccc(C(=O)O)cc4)cc3)cc2)C1. The Morgan fingerprint density at radius 2 is 1.24 bits per heavy atom. The number of hydrogen-bond acceptors (Lipinski definition) is 5. The summed E-state index contributed by atoms with van der Waals surface area (Å²) in [7, 11) is 0. The number of alkyl carbamates (subject to hydrolysis) is 1. The van der Waals surface area contributed by atoms with Crippen LogP contribution in [-0.4, -0.2) is 34.9 Å². The monoisotopic (exact) mass is 517 g/mol. The molecule has 0 aromatic heterocycles. The van der Waals surface area contributed by atoms with Crippen LogP contribution in [0.25, 0.3) is 0 Å². The van der Waals surface area contributed by atoms with Crippen molar-refractivity contribution in [2.75, 3.05) is 0 Å². The Morgan fingerprint density at radius 1 is 0.763 bits per heavy atom. The molecule has 200 valence electrons. The van der Waals surface area contributed by atoms with Gasteiger partial charge in [-0.25, -0.2) is 9.59 Å². The Morgan fingerprint density at radius 3 is 1.71 bits per heavy atom. The number of carbonyl (C=O) groups is 2. The van der Waals surface area contributed by atoms with Gasteiger partial charge in [0.1, 0.15) is 29.0 Å². The first-order chi connectivity index (χ1) is 17.9. The molecule has 3 aromatic carbocycles. The zero-order chi connectivity index (χ0) is 27.5. The van der Waals surface area contributed by atoms with Crippen LogP contribution >= 0.6 is 0 Å². The van der Waals surface area contributed by atoms with Crippen LogP contribution in [0.4, 0.5) is 4.79 Å². The highest BCUT2D eigenvalue weighted by atomic mass is 16.6. The van der Waals surface area contributed by atoms with Crippen molar-refractivity contribution in [3.63, 3.8) is 0 Å². The molecule has 1 aliphatic carbocycles. The number of benzene rings is 3. The minimum absolute atomic E-state index is 0.0710. The van der Waals surface area contributed by atoms with E-state index < -0.39 is 11.6 Å². The fraction of sp³-hybridized carbons (Fsp3) is 0.355. The van der Waals surface area contributed by atoms with Gasteiger partial charge in [0.25, 0.3) is 0 Å². The van der Waals surface area contributed by atoms with Crippen molar-refractivity contribution >= 4 is 12.1 Å². The fourth-order valence-corrected chi connectivity index (χ4v) is 4.30. The molecular formula is C31H35NO6. The van der Waals surface area contributed by atoms with Crippen molar-refractivity contribution in [1.82, 2.24) is 5.32 Å². The predicted molar refractivity (Wildman–Crippen MR) is 145 cm³/mol. The highest BCUT2D eigenvalue weighted by molar-refractivity contribution is 5.87. The van der Waals surface area contributed by atoms with Gasteiger partial charge in [-0.05, 0) is 80.4 Å². The summed E-state index contributed by atoms with van der Waals surface area (Å²) in [6.45, 7) is 9.88. The standard InChI is InChI=1S/C31H35NO6/c1-30(2,3)38-29(35)32-23-18-27(19-23)37-26-16-10-22(11-17-26)31(4,5)21-8-14-25(15-9-21)36-24-12-6-20(7-13-24)28(33)34/h6-17,23,27H,18-19H2,1-5H3,(H,32,35)(H,33,34). The molecule has 7 heteroatoms. The van der Waals surface area contributed by atoms with Gasteiger partial charge in [0.05, 0.1) is 5.56 Å². The molecular weight excluding hydrogens is 482 g/mol. The minimum Gasteiger partial charge on any atom is -0.490 e. The van der Waals surface area contributed by atoms with Crippen molar-refractivity contribution in [2.45, 2.75) is 70.6 Å². The maximum absolute atomic E-state index is 11.9. The number of carboxylic acid groups (broad SMARTS) is 1. The first kappa shape index (κ1) is 27.0. The molecule has 0 aliphatic heterocycles. The summed E-state index contributed by atoms with van der Waals surface area (Å²) >= 11 is 0. The van der Waals surface area contributed by atoms with Crippen molar-refractivity contribution in [3.8, 4) is 17.2 Å². The lowest BCUT2D eigenvalue weighted by Crippen LogP contribution is -2.50. The summed E-state index contributed by atoms with van der Waals surface area (Å²) in [4.78, 5) is 22.9. The van der Waals surface area contributed by atoms with Gasteiger partial charge in [-0.15, -0.1) is 0 Å². The molecule has 1 aliphatic rings. The van der Waals surface area contributed by atoms with E-state index in [1.165, 1.54) is 12.1 Å². The lowest BCUT2D eigenvalue weighted by Gasteiger charge is -2.36. The molecule has 2 N–H and O–H groups in total. The number of hydrogen-bond donors (Lipinski definition) is 2. The van der Waals surface area contributed by atoms with Crippen LogP contribution in [0.3, 0.4) is 0 Å². The van der Waals surface area contributed by atoms with E-state index in [0.717, 1.165) is 29.7 Å². The number of carboxylic acids is 1. The lowest BCUT2D eigenvalue weighted by molar-refractivity contribution is 0.0362. The van der Waals surface area contributed by atoms with Crippen molar-refractivity contribution < 1.29 is 28.9 Å². The second kappa shape index (κ2) is 10.8. The van der Waals surface area contributed by atoms with Crippen molar-refractivity contribution in [3.05, 3.63) is 89.5 Å². The molecule has 0 bridgehead atoms. The molecule has 0 heterocycles. The molecule has 0 atom stereocenters. The summed E-state index contributed by atoms with van der Waals surface area (Å²) in [6.07, 6.45) is 1.19. The molecule has 3 aromatic rings. The summed E-state index contributed by atoms with van der Waals surface area (Å²) in [5.74, 6) is 1.10. The van der Waals surface area contributed by atoms with Crippen molar-refractivity contribution in [1.29, 1.82) is 0 Å². The van der Waals surface area contributed by atoms with Gasteiger partial charge >= 0.3 is 12.1 Å². The molecule has 1 amide bonds. The number of carbonyl (C=O) groups excluding carboxylic acids is 1. The van der Waals surface area contributed by atoms with E-state index >= 15 is 0 Å². The number of ether oxygens (including phenoxy) is 3. The average molecular weight is 518 g/mol. The van der Waals surface area contributed by atoms with E-state index in [9.17, 15) is 9.59 Å². The second-order valence-corrected chi connectivity index (χ2v) is 11.2. The van der Waals surface area contributed by atoms with E-state index in [2.05, 4.69) is 31.3 Å². The van der Waals surface area contributed by atoms with Crippen LogP contribution in [0.5, 0.6) is 17.2 Å². The lowest BCUT2D eigenvalue weighted by atomic mass is 9.78. The normalized spacial score (nSPS) is 17.2. The smallest absolute Gasteiger partial charge is 0.407 e. The summed E-state index contributed by atoms with van der Waals surface area (Å²) in [5.41, 5.74) is 1.76. The van der Waals surface area contributed by atoms with Crippen LogP contribution in [-0.2, 0) is 10.2 Å². The van der Waals surface area contributed by atoms with Crippen LogP contribution < -0.4 is 14.8 Å². The number of rotatable bonds is 8. The van der Waals surface area contributed by atoms with Gasteiger partial charge in [-0.2, -0.15) is 0 Å². The molecule has 38 heavy (non-hydrogen) atoms. The van der Waals surface area contributed by atoms with Gasteiger partial charge in [0, 0.05) is 24.3 Å². The molecule has 4 rings (SSSR count). The highest BCUT2D eigenvalue weighted by Gasteiger charge is 2.33. The number of nitrogens with one attached hydrogen (secondary N) is 1. The van der Waals surface area contributed by atoms with E-state index in [1.54, 1.807) is 12.1 Å². The maximum Gasteiger partial charge on any atom is 0.407 e. The maximum atomic E-state index is 11.9. The first-order valence-corrected chi connectivity index (χ1v) is 12.8. The number of amides is 1. The molecule has 7 nitrogen and oxygen atoms in total. The second-order valence-electron chi connectivity index (χ2n) is 11.2. The van der Waals surface area contributed by atoms with Gasteiger partial charge in [0.2, 0.25) is 0 Å². The zero-order valence-electron chi connectivity index (χ0n) is 22.5. The van der Waals surface area contributed by atoms with Gasteiger partial charge in [-0.3, -0.25) is 0 Å². The average Bonchev–Trinajstić information content (AvgIpc) is 2.82. The molecule has 0 spiro atoms. The van der Waals surface area contributed by atoms with Crippen LogP contribution in [0.15, 0.2) is 72.8 Å². The molecule has 0 saturated heterocycles. The summed E-state index contributed by atoms with van der Waals surface area (Å²) in [6, 6.07) is 22.5. The third-order valence-corrected chi connectivity index (χ3v) is 6.61. The molecule has 0 radical (unpaired) electrons. The Kier molecular flexibility index (Phi) is 7.67. The summed E-state index contributed by atoms with van der Waals surface area (Å²) in [5, 5.41) is 11.9. The Hall–Kier alpha value is -4.00. The zero-order valence-corrected chi connectivity index (χ0v) is 22.5. The van der Waals surface area contributed by atoms with Crippen molar-refractivity contribution in [2.24, 2.45) is 0 Å². The Balaban J connectivity index is 1.30. The van der Waals surface area contributed by atoms with Crippen LogP contribution in [0, 0.1) is 0 Å². The molecule has 1 fully saturated rings. The van der Waals surface area contributed by atoms with E-state index in [0.29, 0.717) is 11.5 Å². The Bertz CT molecular complexity index is 1250. The quantitative estimate of drug-likeness (QED) is 0.336. The molecule has 0 unspecified atom stereocenters. The predicted octanol–water partition coefficient (Wildman–Crippen LogP) is 6.94. The van der Waals surface area contributed by atoms with E-state index in [4.69, 9.17) is 19.3 Å². The first-order valence-electron chi connectivity index (χ1n) is 12.8. The summed E-state index contributed by atoms with van der Waals surface area (Å²) < 4.78 is 17.3. The van der Waals surface area contributed by atoms with Gasteiger partial charge < -0.3 is 24.6 Å². The van der Waals surface area contributed by atoms with Gasteiger partial charge in [0.15, 0.2) is 0 Å². The van der Waals surface area contributed by atoms with E-state index in [1.807, 2.05) is 57.2 Å². The molecule has 1 saturated carbocycles. The minimum atomic E-state index is -0.966. The largest absolute Gasteiger partial charge is 0.490 e. The van der Waals surface area contributed by atoms with E-state index in [-0.39, 0.29) is 29.2 Å². The van der Waals surface area contributed by atoms with Crippen LogP contribution in [0.1, 0.15) is 68.9 Å². The Labute approximate surface area is 223 Å². The number of aromatic carboxylic acids is 1. The van der Waals surface area contributed by atoms with Gasteiger partial charge in [-0.1, -0.05) is 38.1 Å².